The average Bonchev–Trinajstić information content (AvgIpc) is 2.75. The zero-order valence-corrected chi connectivity index (χ0v) is 19.3. The van der Waals surface area contributed by atoms with Crippen LogP contribution in [0.25, 0.3) is 6.08 Å². The molecule has 0 atom stereocenters. The zero-order valence-electron chi connectivity index (χ0n) is 18.5. The Morgan fingerprint density at radius 3 is 2.10 bits per heavy atom. The molecule has 1 aromatic rings. The fourth-order valence-electron chi connectivity index (χ4n) is 2.87. The van der Waals surface area contributed by atoms with E-state index in [1.807, 2.05) is 37.5 Å². The smallest absolute Gasteiger partial charge is 0.180 e. The molecule has 1 rings (SSSR count). The highest BCUT2D eigenvalue weighted by molar-refractivity contribution is 8.13. The van der Waals surface area contributed by atoms with Crippen molar-refractivity contribution >= 4 is 28.7 Å². The Balaban J connectivity index is 2.16. The molecule has 0 fully saturated rings. The molecular weight excluding hydrogens is 378 g/mol. The van der Waals surface area contributed by atoms with Crippen LogP contribution >= 0.6 is 11.8 Å². The Bertz CT molecular complexity index is 624. The first-order valence-corrected chi connectivity index (χ1v) is 12.2. The van der Waals surface area contributed by atoms with Crippen molar-refractivity contribution in [3.8, 4) is 5.75 Å². The van der Waals surface area contributed by atoms with E-state index >= 15 is 0 Å². The largest absolute Gasteiger partial charge is 0.494 e. The predicted molar refractivity (Wildman–Crippen MR) is 131 cm³/mol. The van der Waals surface area contributed by atoms with Crippen molar-refractivity contribution in [1.82, 2.24) is 0 Å². The van der Waals surface area contributed by atoms with Gasteiger partial charge in [-0.2, -0.15) is 5.10 Å². The molecular formula is C24H39N3OS. The second-order valence-corrected chi connectivity index (χ2v) is 8.14. The first kappa shape index (κ1) is 25.3. The minimum atomic E-state index is 0.460. The summed E-state index contributed by atoms with van der Waals surface area (Å²) in [5.41, 5.74) is 7.53. The molecule has 0 radical (unpaired) electrons. The molecule has 0 aliphatic carbocycles. The van der Waals surface area contributed by atoms with Crippen LogP contribution in [0.5, 0.6) is 5.75 Å². The lowest BCUT2D eigenvalue weighted by Crippen LogP contribution is -2.04. The molecule has 0 saturated heterocycles. The maximum absolute atomic E-state index is 5.85. The van der Waals surface area contributed by atoms with Gasteiger partial charge in [-0.15, -0.1) is 5.10 Å². The van der Waals surface area contributed by atoms with Crippen LogP contribution in [0.1, 0.15) is 83.6 Å². The van der Waals surface area contributed by atoms with Crippen LogP contribution < -0.4 is 10.5 Å². The van der Waals surface area contributed by atoms with Gasteiger partial charge in [0.25, 0.3) is 0 Å². The normalized spacial score (nSPS) is 12.7. The second kappa shape index (κ2) is 17.1. The number of benzene rings is 1. The van der Waals surface area contributed by atoms with Crippen LogP contribution in [-0.2, 0) is 0 Å². The van der Waals surface area contributed by atoms with Gasteiger partial charge in [-0.3, -0.25) is 0 Å². The van der Waals surface area contributed by atoms with Crippen molar-refractivity contribution in [3.63, 3.8) is 0 Å². The van der Waals surface area contributed by atoms with Crippen molar-refractivity contribution < 1.29 is 4.74 Å². The molecule has 5 heteroatoms. The Morgan fingerprint density at radius 1 is 0.931 bits per heavy atom. The molecule has 0 bridgehead atoms. The predicted octanol–water partition coefficient (Wildman–Crippen LogP) is 7.05. The van der Waals surface area contributed by atoms with Crippen molar-refractivity contribution in [2.24, 2.45) is 15.9 Å². The van der Waals surface area contributed by atoms with Crippen molar-refractivity contribution in [2.75, 3.05) is 12.9 Å². The van der Waals surface area contributed by atoms with Crippen LogP contribution in [0.3, 0.4) is 0 Å². The molecule has 0 unspecified atom stereocenters. The molecule has 0 aliphatic heterocycles. The van der Waals surface area contributed by atoms with Gasteiger partial charge in [0.05, 0.1) is 12.3 Å². The fraction of sp³-hybridized carbons (Fsp3) is 0.583. The highest BCUT2D eigenvalue weighted by Crippen LogP contribution is 2.15. The molecule has 0 spiro atoms. The number of thioether (sulfide) groups is 1. The van der Waals surface area contributed by atoms with Crippen LogP contribution in [0.2, 0.25) is 0 Å². The second-order valence-electron chi connectivity index (χ2n) is 7.32. The Hall–Kier alpha value is -1.75. The summed E-state index contributed by atoms with van der Waals surface area (Å²) < 4.78 is 5.85. The van der Waals surface area contributed by atoms with Gasteiger partial charge in [-0.05, 0) is 43.4 Å². The number of nitrogens with zero attached hydrogens (tertiary/aromatic N) is 2. The molecule has 1 aromatic carbocycles. The molecule has 162 valence electrons. The van der Waals surface area contributed by atoms with E-state index in [1.54, 1.807) is 0 Å². The lowest BCUT2D eigenvalue weighted by molar-refractivity contribution is 0.304. The summed E-state index contributed by atoms with van der Waals surface area (Å²) in [6.45, 7) is 4.97. The number of hydrogen-bond acceptors (Lipinski definition) is 4. The highest BCUT2D eigenvalue weighted by Gasteiger charge is 1.96. The van der Waals surface area contributed by atoms with E-state index < -0.39 is 0 Å². The van der Waals surface area contributed by atoms with Gasteiger partial charge in [0.1, 0.15) is 5.75 Å². The van der Waals surface area contributed by atoms with Gasteiger partial charge in [-0.1, -0.05) is 94.7 Å². The van der Waals surface area contributed by atoms with E-state index in [0.29, 0.717) is 5.17 Å². The van der Waals surface area contributed by atoms with Gasteiger partial charge in [0, 0.05) is 0 Å². The Labute approximate surface area is 182 Å². The fourth-order valence-corrected chi connectivity index (χ4v) is 3.00. The van der Waals surface area contributed by atoms with Gasteiger partial charge in [0.15, 0.2) is 5.17 Å². The van der Waals surface area contributed by atoms with E-state index in [9.17, 15) is 0 Å². The number of nitrogens with two attached hydrogens (primary N) is 1. The van der Waals surface area contributed by atoms with Gasteiger partial charge in [0.2, 0.25) is 0 Å². The first-order valence-electron chi connectivity index (χ1n) is 11.0. The average molecular weight is 418 g/mol. The molecule has 2 N–H and O–H groups in total. The lowest BCUT2D eigenvalue weighted by atomic mass is 10.1. The number of rotatable bonds is 15. The monoisotopic (exact) mass is 417 g/mol. The van der Waals surface area contributed by atoms with E-state index in [-0.39, 0.29) is 0 Å². The molecule has 0 saturated carbocycles. The number of allylic oxidation sites excluding steroid dienone is 1. The summed E-state index contributed by atoms with van der Waals surface area (Å²) in [5, 5.41) is 8.45. The topological polar surface area (TPSA) is 60.0 Å². The van der Waals surface area contributed by atoms with Gasteiger partial charge in [-0.25, -0.2) is 0 Å². The van der Waals surface area contributed by atoms with Crippen molar-refractivity contribution in [3.05, 3.63) is 35.9 Å². The highest BCUT2D eigenvalue weighted by atomic mass is 32.2. The molecule has 0 amide bonds. The third kappa shape index (κ3) is 14.0. The lowest BCUT2D eigenvalue weighted by Gasteiger charge is -2.06. The number of unbranched alkanes of at least 4 members (excludes halogenated alkanes) is 9. The number of ether oxygens (including phenoxy) is 1. The van der Waals surface area contributed by atoms with E-state index in [0.717, 1.165) is 30.1 Å². The molecule has 29 heavy (non-hydrogen) atoms. The maximum Gasteiger partial charge on any atom is 0.180 e. The quantitative estimate of drug-likeness (QED) is 0.144. The summed E-state index contributed by atoms with van der Waals surface area (Å²) >= 11 is 1.38. The van der Waals surface area contributed by atoms with Crippen molar-refractivity contribution in [2.45, 2.75) is 78.1 Å². The molecule has 0 aromatic heterocycles. The maximum atomic E-state index is 5.85. The first-order chi connectivity index (χ1) is 14.2. The summed E-state index contributed by atoms with van der Waals surface area (Å²) in [6, 6.07) is 8.15. The summed E-state index contributed by atoms with van der Waals surface area (Å²) in [4.78, 5) is 0. The standard InChI is InChI=1S/C24H39N3OS/c1-4-5-6-7-8-9-10-11-12-13-20-28-23-18-16-22(17-19-23)15-14-21(2)26-27-24(25)29-3/h14-19H,4-13,20H2,1-3H3,(H2,25,27)/b15-14+,26-21+. The van der Waals surface area contributed by atoms with E-state index in [2.05, 4.69) is 29.3 Å². The third-order valence-electron chi connectivity index (χ3n) is 4.68. The molecule has 4 nitrogen and oxygen atoms in total. The van der Waals surface area contributed by atoms with Gasteiger partial charge < -0.3 is 10.5 Å². The zero-order chi connectivity index (χ0) is 21.2. The van der Waals surface area contributed by atoms with E-state index in [4.69, 9.17) is 10.5 Å². The van der Waals surface area contributed by atoms with Crippen molar-refractivity contribution in [1.29, 1.82) is 0 Å². The number of amidine groups is 1. The number of hydrogen-bond donors (Lipinski definition) is 1. The minimum Gasteiger partial charge on any atom is -0.494 e. The van der Waals surface area contributed by atoms with Gasteiger partial charge >= 0.3 is 0 Å². The Kier molecular flexibility index (Phi) is 14.9. The molecule has 0 heterocycles. The SMILES string of the molecule is CCCCCCCCCCCCOc1ccc(/C=C/C(C)=N/N=C(/N)SC)cc1. The molecule has 0 aliphatic rings. The third-order valence-corrected chi connectivity index (χ3v) is 5.18. The summed E-state index contributed by atoms with van der Waals surface area (Å²) in [7, 11) is 0. The van der Waals surface area contributed by atoms with Crippen LogP contribution in [-0.4, -0.2) is 23.7 Å². The summed E-state index contributed by atoms with van der Waals surface area (Å²) in [6.07, 6.45) is 19.2. The Morgan fingerprint density at radius 2 is 1.52 bits per heavy atom. The van der Waals surface area contributed by atoms with Crippen LogP contribution in [0.15, 0.2) is 40.5 Å². The summed E-state index contributed by atoms with van der Waals surface area (Å²) in [5.74, 6) is 0.931. The van der Waals surface area contributed by atoms with Crippen LogP contribution in [0.4, 0.5) is 0 Å². The van der Waals surface area contributed by atoms with Crippen LogP contribution in [0, 0.1) is 0 Å². The minimum absolute atomic E-state index is 0.460. The van der Waals surface area contributed by atoms with E-state index in [1.165, 1.54) is 69.5 Å².